The molecule has 3 amide bonds. The zero-order valence-electron chi connectivity index (χ0n) is 16.1. The zero-order valence-corrected chi connectivity index (χ0v) is 16.1. The normalized spacial score (nSPS) is 25.4. The molecule has 3 aliphatic heterocycles. The van der Waals surface area contributed by atoms with E-state index in [1.54, 1.807) is 9.80 Å². The fraction of sp³-hybridized carbons (Fsp3) is 0.571. The van der Waals surface area contributed by atoms with Gasteiger partial charge in [0, 0.05) is 52.3 Å². The van der Waals surface area contributed by atoms with Gasteiger partial charge >= 0.3 is 0 Å². The van der Waals surface area contributed by atoms with Crippen molar-refractivity contribution in [2.75, 3.05) is 39.3 Å². The molecule has 0 spiro atoms. The summed E-state index contributed by atoms with van der Waals surface area (Å²) in [5, 5.41) is 0. The Bertz CT molecular complexity index is 724. The van der Waals surface area contributed by atoms with Crippen molar-refractivity contribution in [1.82, 2.24) is 14.7 Å². The zero-order chi connectivity index (χ0) is 19.5. The fourth-order valence-electron chi connectivity index (χ4n) is 4.28. The van der Waals surface area contributed by atoms with Gasteiger partial charge in [0.05, 0.1) is 5.92 Å². The predicted octanol–water partition coefficient (Wildman–Crippen LogP) is 0.885. The molecule has 1 aromatic carbocycles. The van der Waals surface area contributed by atoms with E-state index >= 15 is 0 Å². The summed E-state index contributed by atoms with van der Waals surface area (Å²) in [4.78, 5) is 43.1. The first-order valence-electron chi connectivity index (χ1n) is 10.1. The molecule has 0 N–H and O–H groups in total. The summed E-state index contributed by atoms with van der Waals surface area (Å²) in [6.45, 7) is 3.82. The first-order valence-corrected chi connectivity index (χ1v) is 10.1. The smallest absolute Gasteiger partial charge is 0.251 e. The minimum absolute atomic E-state index is 0.0353. The molecule has 3 saturated heterocycles. The van der Waals surface area contributed by atoms with Crippen LogP contribution in [0.3, 0.4) is 0 Å². The van der Waals surface area contributed by atoms with Crippen LogP contribution in [0.25, 0.3) is 0 Å². The summed E-state index contributed by atoms with van der Waals surface area (Å²) in [5.74, 6) is -0.158. The number of carbonyl (C=O) groups is 3. The van der Waals surface area contributed by atoms with Gasteiger partial charge in [0.25, 0.3) is 5.91 Å². The van der Waals surface area contributed by atoms with Crippen LogP contribution in [0.1, 0.15) is 24.8 Å². The van der Waals surface area contributed by atoms with E-state index in [4.69, 9.17) is 4.74 Å². The molecule has 0 unspecified atom stereocenters. The van der Waals surface area contributed by atoms with Crippen LogP contribution in [0.2, 0.25) is 0 Å². The van der Waals surface area contributed by atoms with Crippen LogP contribution in [0.5, 0.6) is 0 Å². The van der Waals surface area contributed by atoms with Crippen LogP contribution in [0, 0.1) is 5.92 Å². The predicted molar refractivity (Wildman–Crippen MR) is 102 cm³/mol. The third-order valence-electron chi connectivity index (χ3n) is 5.89. The van der Waals surface area contributed by atoms with Crippen molar-refractivity contribution in [2.45, 2.75) is 31.9 Å². The lowest BCUT2D eigenvalue weighted by Gasteiger charge is -2.36. The molecule has 0 bridgehead atoms. The number of piperazine rings is 1. The summed E-state index contributed by atoms with van der Waals surface area (Å²) < 4.78 is 5.48. The van der Waals surface area contributed by atoms with Gasteiger partial charge in [-0.25, -0.2) is 0 Å². The van der Waals surface area contributed by atoms with Gasteiger partial charge in [-0.3, -0.25) is 14.4 Å². The van der Waals surface area contributed by atoms with Crippen molar-refractivity contribution in [3.05, 3.63) is 35.9 Å². The molecular weight excluding hydrogens is 358 g/mol. The number of nitrogens with zero attached hydrogens (tertiary/aromatic N) is 3. The van der Waals surface area contributed by atoms with Gasteiger partial charge in [0.1, 0.15) is 6.10 Å². The molecule has 0 saturated carbocycles. The lowest BCUT2D eigenvalue weighted by molar-refractivity contribution is -0.147. The number of hydrogen-bond acceptors (Lipinski definition) is 4. The topological polar surface area (TPSA) is 70.2 Å². The molecule has 3 fully saturated rings. The first-order chi connectivity index (χ1) is 13.6. The molecule has 0 radical (unpaired) electrons. The highest BCUT2D eigenvalue weighted by Gasteiger charge is 2.38. The lowest BCUT2D eigenvalue weighted by atomic mass is 10.1. The lowest BCUT2D eigenvalue weighted by Crippen LogP contribution is -2.54. The molecule has 1 aromatic rings. The van der Waals surface area contributed by atoms with Gasteiger partial charge in [-0.2, -0.15) is 0 Å². The Hall–Kier alpha value is -2.41. The summed E-state index contributed by atoms with van der Waals surface area (Å²) in [6.07, 6.45) is 1.70. The average molecular weight is 385 g/mol. The Morgan fingerprint density at radius 2 is 1.68 bits per heavy atom. The Morgan fingerprint density at radius 3 is 2.32 bits per heavy atom. The highest BCUT2D eigenvalue weighted by atomic mass is 16.5. The van der Waals surface area contributed by atoms with E-state index in [1.807, 2.05) is 35.2 Å². The minimum atomic E-state index is -0.304. The average Bonchev–Trinajstić information content (AvgIpc) is 3.38. The van der Waals surface area contributed by atoms with Crippen molar-refractivity contribution in [1.29, 1.82) is 0 Å². The number of rotatable bonds is 4. The van der Waals surface area contributed by atoms with Crippen LogP contribution in [0.4, 0.5) is 0 Å². The summed E-state index contributed by atoms with van der Waals surface area (Å²) in [5.41, 5.74) is 1.07. The van der Waals surface area contributed by atoms with E-state index in [0.29, 0.717) is 45.9 Å². The number of hydrogen-bond donors (Lipinski definition) is 0. The second-order valence-electron chi connectivity index (χ2n) is 7.81. The van der Waals surface area contributed by atoms with Gasteiger partial charge in [0.2, 0.25) is 11.8 Å². The van der Waals surface area contributed by atoms with Gasteiger partial charge < -0.3 is 19.4 Å². The molecule has 3 heterocycles. The van der Waals surface area contributed by atoms with Crippen molar-refractivity contribution < 1.29 is 19.1 Å². The van der Waals surface area contributed by atoms with Crippen molar-refractivity contribution in [2.24, 2.45) is 5.92 Å². The van der Waals surface area contributed by atoms with E-state index < -0.39 is 0 Å². The molecule has 0 aromatic heterocycles. The van der Waals surface area contributed by atoms with E-state index in [9.17, 15) is 14.4 Å². The van der Waals surface area contributed by atoms with Crippen LogP contribution >= 0.6 is 0 Å². The van der Waals surface area contributed by atoms with Gasteiger partial charge in [0.15, 0.2) is 0 Å². The number of likely N-dealkylation sites (tertiary alicyclic amines) is 1. The molecule has 0 aliphatic carbocycles. The molecule has 150 valence electrons. The Kier molecular flexibility index (Phi) is 5.62. The number of amides is 3. The van der Waals surface area contributed by atoms with Crippen LogP contribution < -0.4 is 0 Å². The second kappa shape index (κ2) is 8.31. The van der Waals surface area contributed by atoms with Crippen molar-refractivity contribution in [3.63, 3.8) is 0 Å². The summed E-state index contributed by atoms with van der Waals surface area (Å²) in [6, 6.07) is 9.84. The number of carbonyl (C=O) groups excluding carboxylic acids is 3. The summed E-state index contributed by atoms with van der Waals surface area (Å²) >= 11 is 0. The molecule has 3 aliphatic rings. The van der Waals surface area contributed by atoms with E-state index in [0.717, 1.165) is 18.4 Å². The molecule has 7 nitrogen and oxygen atoms in total. The largest absolute Gasteiger partial charge is 0.368 e. The minimum Gasteiger partial charge on any atom is -0.368 e. The maximum atomic E-state index is 12.9. The van der Waals surface area contributed by atoms with Gasteiger partial charge in [-0.05, 0) is 18.4 Å². The maximum Gasteiger partial charge on any atom is 0.251 e. The third-order valence-corrected chi connectivity index (χ3v) is 5.89. The highest BCUT2D eigenvalue weighted by Crippen LogP contribution is 2.23. The molecule has 7 heteroatoms. The third kappa shape index (κ3) is 4.04. The van der Waals surface area contributed by atoms with Crippen LogP contribution in [0.15, 0.2) is 30.3 Å². The van der Waals surface area contributed by atoms with Crippen molar-refractivity contribution in [3.8, 4) is 0 Å². The molecule has 28 heavy (non-hydrogen) atoms. The molecular formula is C21H27N3O4. The number of ether oxygens (including phenoxy) is 1. The standard InChI is InChI=1S/C21H27N3O4/c25-19-13-17(15-24(19)14-16-5-2-1-3-6-16)20(26)22-8-10-23(11-9-22)21(27)18-7-4-12-28-18/h1-3,5-6,17-18H,4,7-15H2/t17-,18+/m1/s1. The molecule has 4 rings (SSSR count). The quantitative estimate of drug-likeness (QED) is 0.772. The maximum absolute atomic E-state index is 12.9. The highest BCUT2D eigenvalue weighted by molar-refractivity contribution is 5.89. The fourth-order valence-corrected chi connectivity index (χ4v) is 4.28. The molecule has 2 atom stereocenters. The van der Waals surface area contributed by atoms with Crippen LogP contribution in [-0.2, 0) is 25.7 Å². The van der Waals surface area contributed by atoms with Gasteiger partial charge in [-0.15, -0.1) is 0 Å². The second-order valence-corrected chi connectivity index (χ2v) is 7.81. The van der Waals surface area contributed by atoms with Crippen LogP contribution in [-0.4, -0.2) is 77.9 Å². The Morgan fingerprint density at radius 1 is 1.00 bits per heavy atom. The summed E-state index contributed by atoms with van der Waals surface area (Å²) in [7, 11) is 0. The van der Waals surface area contributed by atoms with Crippen molar-refractivity contribution >= 4 is 17.7 Å². The number of benzene rings is 1. The van der Waals surface area contributed by atoms with E-state index in [-0.39, 0.29) is 36.2 Å². The first kappa shape index (κ1) is 18.9. The Labute approximate surface area is 165 Å². The SMILES string of the molecule is O=C1C[C@@H](C(=O)N2CCN(C(=O)[C@@H]3CCCO3)CC2)CN1Cc1ccccc1. The monoisotopic (exact) mass is 385 g/mol. The van der Waals surface area contributed by atoms with E-state index in [2.05, 4.69) is 0 Å². The Balaban J connectivity index is 1.28. The van der Waals surface area contributed by atoms with Gasteiger partial charge in [-0.1, -0.05) is 30.3 Å². The van der Waals surface area contributed by atoms with E-state index in [1.165, 1.54) is 0 Å².